The van der Waals surface area contributed by atoms with Crippen LogP contribution in [0.1, 0.15) is 19.3 Å². The standard InChI is InChI=1S/C11H17F3N2O/c12-11(13,14)10(6-15)8-16-4-1-2-9(7-16)3-5-17/h9-10,17H,1-5,7-8H2. The zero-order valence-corrected chi connectivity index (χ0v) is 9.58. The molecule has 2 unspecified atom stereocenters. The molecule has 1 heterocycles. The van der Waals surface area contributed by atoms with Crippen molar-refractivity contribution in [1.82, 2.24) is 4.90 Å². The Morgan fingerprint density at radius 2 is 2.18 bits per heavy atom. The Morgan fingerprint density at radius 1 is 1.47 bits per heavy atom. The topological polar surface area (TPSA) is 47.3 Å². The van der Waals surface area contributed by atoms with E-state index in [1.807, 2.05) is 0 Å². The third-order valence-corrected chi connectivity index (χ3v) is 3.13. The quantitative estimate of drug-likeness (QED) is 0.827. The summed E-state index contributed by atoms with van der Waals surface area (Å²) in [5, 5.41) is 17.3. The molecule has 1 aliphatic heterocycles. The predicted octanol–water partition coefficient (Wildman–Crippen LogP) is 1.78. The van der Waals surface area contributed by atoms with Crippen LogP contribution in [0.4, 0.5) is 13.2 Å². The fourth-order valence-corrected chi connectivity index (χ4v) is 2.21. The fraction of sp³-hybridized carbons (Fsp3) is 0.909. The monoisotopic (exact) mass is 250 g/mol. The lowest BCUT2D eigenvalue weighted by atomic mass is 9.94. The van der Waals surface area contributed by atoms with Crippen molar-refractivity contribution >= 4 is 0 Å². The second-order valence-corrected chi connectivity index (χ2v) is 4.50. The summed E-state index contributed by atoms with van der Waals surface area (Å²) in [6.45, 7) is 0.979. The molecular weight excluding hydrogens is 233 g/mol. The van der Waals surface area contributed by atoms with E-state index in [0.29, 0.717) is 19.5 Å². The minimum absolute atomic E-state index is 0.0689. The first kappa shape index (κ1) is 14.3. The summed E-state index contributed by atoms with van der Waals surface area (Å²) >= 11 is 0. The molecule has 1 fully saturated rings. The van der Waals surface area contributed by atoms with Crippen LogP contribution in [0.5, 0.6) is 0 Å². The van der Waals surface area contributed by atoms with E-state index in [-0.39, 0.29) is 19.1 Å². The maximum atomic E-state index is 12.4. The first-order valence-electron chi connectivity index (χ1n) is 5.77. The number of likely N-dealkylation sites (tertiary alicyclic amines) is 1. The van der Waals surface area contributed by atoms with Crippen molar-refractivity contribution in [2.75, 3.05) is 26.2 Å². The number of aliphatic hydroxyl groups is 1. The fourth-order valence-electron chi connectivity index (χ4n) is 2.21. The first-order chi connectivity index (χ1) is 7.97. The summed E-state index contributed by atoms with van der Waals surface area (Å²) in [6.07, 6.45) is -2.04. The van der Waals surface area contributed by atoms with Gasteiger partial charge in [0.25, 0.3) is 0 Å². The van der Waals surface area contributed by atoms with Gasteiger partial charge in [-0.3, -0.25) is 0 Å². The Hall–Kier alpha value is -0.800. The lowest BCUT2D eigenvalue weighted by Crippen LogP contribution is -2.42. The van der Waals surface area contributed by atoms with Gasteiger partial charge < -0.3 is 10.0 Å². The smallest absolute Gasteiger partial charge is 0.396 e. The van der Waals surface area contributed by atoms with Crippen LogP contribution in [-0.2, 0) is 0 Å². The Bertz CT molecular complexity index is 273. The molecule has 6 heteroatoms. The molecule has 17 heavy (non-hydrogen) atoms. The third kappa shape index (κ3) is 4.52. The van der Waals surface area contributed by atoms with E-state index in [1.165, 1.54) is 6.07 Å². The Labute approximate surface area is 98.8 Å². The number of hydrogen-bond donors (Lipinski definition) is 1. The molecular formula is C11H17F3N2O. The average molecular weight is 250 g/mol. The van der Waals surface area contributed by atoms with E-state index in [1.54, 1.807) is 4.90 Å². The van der Waals surface area contributed by atoms with Gasteiger partial charge in [0, 0.05) is 19.7 Å². The van der Waals surface area contributed by atoms with Gasteiger partial charge in [0.05, 0.1) is 6.07 Å². The zero-order chi connectivity index (χ0) is 12.9. The van der Waals surface area contributed by atoms with Gasteiger partial charge >= 0.3 is 6.18 Å². The van der Waals surface area contributed by atoms with Crippen LogP contribution in [0.2, 0.25) is 0 Å². The number of hydrogen-bond acceptors (Lipinski definition) is 3. The minimum Gasteiger partial charge on any atom is -0.396 e. The summed E-state index contributed by atoms with van der Waals surface area (Å²) in [5.41, 5.74) is 0. The maximum Gasteiger partial charge on any atom is 0.405 e. The molecule has 1 rings (SSSR count). The minimum atomic E-state index is -4.45. The molecule has 98 valence electrons. The van der Waals surface area contributed by atoms with Gasteiger partial charge in [-0.1, -0.05) is 0 Å². The van der Waals surface area contributed by atoms with Gasteiger partial charge in [-0.25, -0.2) is 0 Å². The SMILES string of the molecule is N#CC(CN1CCCC(CCO)C1)C(F)(F)F. The van der Waals surface area contributed by atoms with Gasteiger partial charge in [0.1, 0.15) is 0 Å². The second kappa shape index (κ2) is 6.22. The van der Waals surface area contributed by atoms with Crippen molar-refractivity contribution < 1.29 is 18.3 Å². The molecule has 0 aliphatic carbocycles. The summed E-state index contributed by atoms with van der Waals surface area (Å²) in [6, 6.07) is 1.32. The van der Waals surface area contributed by atoms with Crippen LogP contribution in [0.25, 0.3) is 0 Å². The molecule has 1 saturated heterocycles. The summed E-state index contributed by atoms with van der Waals surface area (Å²) in [7, 11) is 0. The lowest BCUT2D eigenvalue weighted by Gasteiger charge is -2.33. The highest BCUT2D eigenvalue weighted by Gasteiger charge is 2.41. The van der Waals surface area contributed by atoms with E-state index in [2.05, 4.69) is 0 Å². The average Bonchev–Trinajstić information content (AvgIpc) is 2.25. The highest BCUT2D eigenvalue weighted by molar-refractivity contribution is 4.91. The summed E-state index contributed by atoms with van der Waals surface area (Å²) in [4.78, 5) is 1.69. The number of aliphatic hydroxyl groups excluding tert-OH is 1. The van der Waals surface area contributed by atoms with Crippen LogP contribution in [0.3, 0.4) is 0 Å². The summed E-state index contributed by atoms with van der Waals surface area (Å²) < 4.78 is 37.3. The molecule has 0 saturated carbocycles. The van der Waals surface area contributed by atoms with Crippen LogP contribution < -0.4 is 0 Å². The van der Waals surface area contributed by atoms with Gasteiger partial charge in [-0.15, -0.1) is 0 Å². The van der Waals surface area contributed by atoms with Crippen LogP contribution in [0, 0.1) is 23.2 Å². The Balaban J connectivity index is 2.48. The molecule has 0 aromatic rings. The van der Waals surface area contributed by atoms with Gasteiger partial charge in [0.2, 0.25) is 0 Å². The number of piperidine rings is 1. The van der Waals surface area contributed by atoms with Gasteiger partial charge in [0.15, 0.2) is 5.92 Å². The molecule has 3 nitrogen and oxygen atoms in total. The molecule has 0 aromatic carbocycles. The number of nitrogens with zero attached hydrogens (tertiary/aromatic N) is 2. The highest BCUT2D eigenvalue weighted by Crippen LogP contribution is 2.28. The van der Waals surface area contributed by atoms with E-state index >= 15 is 0 Å². The predicted molar refractivity (Wildman–Crippen MR) is 56.0 cm³/mol. The van der Waals surface area contributed by atoms with Crippen LogP contribution >= 0.6 is 0 Å². The largest absolute Gasteiger partial charge is 0.405 e. The van der Waals surface area contributed by atoms with E-state index in [0.717, 1.165) is 12.8 Å². The van der Waals surface area contributed by atoms with Crippen molar-refractivity contribution in [3.05, 3.63) is 0 Å². The van der Waals surface area contributed by atoms with Crippen molar-refractivity contribution in [3.63, 3.8) is 0 Å². The van der Waals surface area contributed by atoms with Gasteiger partial charge in [-0.05, 0) is 31.7 Å². The number of nitriles is 1. The van der Waals surface area contributed by atoms with Crippen LogP contribution in [-0.4, -0.2) is 42.4 Å². The Kier molecular flexibility index (Phi) is 5.22. The molecule has 1 aliphatic rings. The lowest BCUT2D eigenvalue weighted by molar-refractivity contribution is -0.164. The molecule has 0 amide bonds. The van der Waals surface area contributed by atoms with E-state index in [9.17, 15) is 13.2 Å². The molecule has 1 N–H and O–H groups in total. The number of alkyl halides is 3. The molecule has 0 radical (unpaired) electrons. The second-order valence-electron chi connectivity index (χ2n) is 4.50. The Morgan fingerprint density at radius 3 is 2.71 bits per heavy atom. The first-order valence-corrected chi connectivity index (χ1v) is 5.77. The van der Waals surface area contributed by atoms with Crippen molar-refractivity contribution in [2.24, 2.45) is 11.8 Å². The van der Waals surface area contributed by atoms with E-state index in [4.69, 9.17) is 10.4 Å². The van der Waals surface area contributed by atoms with Gasteiger partial charge in [-0.2, -0.15) is 18.4 Å². The zero-order valence-electron chi connectivity index (χ0n) is 9.58. The molecule has 0 bridgehead atoms. The number of rotatable bonds is 4. The van der Waals surface area contributed by atoms with E-state index < -0.39 is 12.1 Å². The molecule has 2 atom stereocenters. The number of halogens is 3. The van der Waals surface area contributed by atoms with Crippen LogP contribution in [0.15, 0.2) is 0 Å². The molecule has 0 aromatic heterocycles. The molecule has 0 spiro atoms. The third-order valence-electron chi connectivity index (χ3n) is 3.13. The van der Waals surface area contributed by atoms with Crippen molar-refractivity contribution in [1.29, 1.82) is 5.26 Å². The highest BCUT2D eigenvalue weighted by atomic mass is 19.4. The van der Waals surface area contributed by atoms with Crippen molar-refractivity contribution in [3.8, 4) is 6.07 Å². The normalized spacial score (nSPS) is 24.3. The summed E-state index contributed by atoms with van der Waals surface area (Å²) in [5.74, 6) is -1.66. The van der Waals surface area contributed by atoms with Crippen molar-refractivity contribution in [2.45, 2.75) is 25.4 Å². The maximum absolute atomic E-state index is 12.4.